The lowest BCUT2D eigenvalue weighted by atomic mass is 9.87. The Morgan fingerprint density at radius 1 is 0.732 bits per heavy atom. The van der Waals surface area contributed by atoms with E-state index in [1.165, 1.54) is 0 Å². The maximum Gasteiger partial charge on any atom is 0.266 e. The highest BCUT2D eigenvalue weighted by Crippen LogP contribution is 2.54. The smallest absolute Gasteiger partial charge is 0.266 e. The summed E-state index contributed by atoms with van der Waals surface area (Å²) in [6.07, 6.45) is 0.441. The highest BCUT2D eigenvalue weighted by Gasteiger charge is 2.54. The number of carbonyl (C=O) groups excluding carboxylic acids is 1. The van der Waals surface area contributed by atoms with Gasteiger partial charge in [0.2, 0.25) is 5.72 Å². The van der Waals surface area contributed by atoms with Gasteiger partial charge in [-0.15, -0.1) is 0 Å². The fraction of sp³-hybridized carbons (Fsp3) is 0.0833. The van der Waals surface area contributed by atoms with Crippen LogP contribution in [0.3, 0.4) is 0 Å². The van der Waals surface area contributed by atoms with Gasteiger partial charge < -0.3 is 10.1 Å². The monoisotopic (exact) mass is 554 g/mol. The second kappa shape index (κ2) is 10.3. The number of para-hydroxylation sites is 2. The lowest BCUT2D eigenvalue weighted by Gasteiger charge is -2.48. The summed E-state index contributed by atoms with van der Waals surface area (Å²) in [6.45, 7) is 0. The van der Waals surface area contributed by atoms with Crippen molar-refractivity contribution in [3.8, 4) is 0 Å². The zero-order valence-corrected chi connectivity index (χ0v) is 23.0. The Bertz CT molecular complexity index is 1750. The van der Waals surface area contributed by atoms with Crippen LogP contribution in [0.4, 0.5) is 11.4 Å². The molecule has 1 amide bonds. The number of halogens is 1. The van der Waals surface area contributed by atoms with Crippen molar-refractivity contribution in [3.05, 3.63) is 167 Å². The molecule has 0 spiro atoms. The molecule has 5 aromatic rings. The Balaban J connectivity index is 1.55. The first-order valence-electron chi connectivity index (χ1n) is 13.7. The van der Waals surface area contributed by atoms with Crippen LogP contribution in [-0.4, -0.2) is 5.91 Å². The number of nitrogens with zero attached hydrogens (tertiary/aromatic N) is 1. The first kappa shape index (κ1) is 25.2. The summed E-state index contributed by atoms with van der Waals surface area (Å²) >= 11 is 6.48. The molecule has 41 heavy (non-hydrogen) atoms. The molecule has 0 bridgehead atoms. The Kier molecular flexibility index (Phi) is 6.33. The molecule has 0 saturated heterocycles. The fourth-order valence-electron chi connectivity index (χ4n) is 5.96. The summed E-state index contributed by atoms with van der Waals surface area (Å²) in [7, 11) is 0. The van der Waals surface area contributed by atoms with E-state index in [-0.39, 0.29) is 11.9 Å². The first-order valence-corrected chi connectivity index (χ1v) is 14.1. The minimum Gasteiger partial charge on any atom is -0.462 e. The minimum atomic E-state index is -1.16. The van der Waals surface area contributed by atoms with Gasteiger partial charge in [-0.3, -0.25) is 9.69 Å². The average molecular weight is 555 g/mol. The molecule has 5 aromatic carbocycles. The van der Waals surface area contributed by atoms with Crippen molar-refractivity contribution >= 4 is 40.2 Å². The Labute approximate surface area is 244 Å². The number of carbonyl (C=O) groups is 1. The van der Waals surface area contributed by atoms with Gasteiger partial charge in [0, 0.05) is 22.6 Å². The molecule has 0 saturated carbocycles. The van der Waals surface area contributed by atoms with Crippen LogP contribution in [0.15, 0.2) is 140 Å². The zero-order valence-electron chi connectivity index (χ0n) is 22.2. The van der Waals surface area contributed by atoms with E-state index in [2.05, 4.69) is 11.4 Å². The van der Waals surface area contributed by atoms with Crippen LogP contribution in [0.25, 0.3) is 11.3 Å². The molecule has 7 rings (SSSR count). The van der Waals surface area contributed by atoms with Crippen molar-refractivity contribution in [1.29, 1.82) is 0 Å². The standard InChI is InChI=1S/C36H27ClN2O2/c37-29-20-12-17-27(23-29)31-24-36(28-18-8-3-9-19-28)39(32-22-11-10-21-30(32)38-31)35(40)33(25-13-4-1-5-14-25)34(41-36)26-15-6-2-7-16-26/h1-23,31,38H,24H2/t31-,36+/m0/s1. The quantitative estimate of drug-likeness (QED) is 0.241. The number of benzene rings is 5. The Morgan fingerprint density at radius 3 is 2.07 bits per heavy atom. The number of ether oxygens (including phenoxy) is 1. The van der Waals surface area contributed by atoms with Crippen LogP contribution < -0.4 is 10.2 Å². The molecule has 0 aromatic heterocycles. The molecular weight excluding hydrogens is 528 g/mol. The fourth-order valence-corrected chi connectivity index (χ4v) is 6.16. The number of hydrogen-bond acceptors (Lipinski definition) is 3. The van der Waals surface area contributed by atoms with E-state index in [1.54, 1.807) is 0 Å². The van der Waals surface area contributed by atoms with Crippen molar-refractivity contribution in [1.82, 2.24) is 0 Å². The second-order valence-corrected chi connectivity index (χ2v) is 10.7. The summed E-state index contributed by atoms with van der Waals surface area (Å²) in [5, 5.41) is 4.39. The number of anilines is 2. The Hall–Kier alpha value is -4.80. The van der Waals surface area contributed by atoms with E-state index in [9.17, 15) is 0 Å². The molecule has 2 atom stereocenters. The van der Waals surface area contributed by atoms with E-state index < -0.39 is 5.72 Å². The predicted octanol–water partition coefficient (Wildman–Crippen LogP) is 8.68. The van der Waals surface area contributed by atoms with Gasteiger partial charge in [0.05, 0.1) is 23.0 Å². The van der Waals surface area contributed by atoms with Crippen molar-refractivity contribution in [2.45, 2.75) is 18.2 Å². The number of hydrogen-bond donors (Lipinski definition) is 1. The normalized spacial score (nSPS) is 19.9. The molecule has 4 nitrogen and oxygen atoms in total. The Morgan fingerprint density at radius 2 is 1.37 bits per heavy atom. The van der Waals surface area contributed by atoms with Gasteiger partial charge in [-0.25, -0.2) is 0 Å². The summed E-state index contributed by atoms with van der Waals surface area (Å²) in [6, 6.07) is 45.3. The van der Waals surface area contributed by atoms with E-state index in [0.717, 1.165) is 33.6 Å². The summed E-state index contributed by atoms with van der Waals surface area (Å²) in [5.41, 5.74) is 4.53. The summed E-state index contributed by atoms with van der Waals surface area (Å²) in [4.78, 5) is 16.9. The molecule has 200 valence electrons. The molecule has 2 heterocycles. The third-order valence-electron chi connectivity index (χ3n) is 7.81. The van der Waals surface area contributed by atoms with Gasteiger partial charge in [-0.05, 0) is 35.4 Å². The number of amides is 1. The van der Waals surface area contributed by atoms with Gasteiger partial charge in [-0.1, -0.05) is 127 Å². The van der Waals surface area contributed by atoms with Crippen molar-refractivity contribution in [2.24, 2.45) is 0 Å². The largest absolute Gasteiger partial charge is 0.462 e. The van der Waals surface area contributed by atoms with Crippen molar-refractivity contribution in [2.75, 3.05) is 10.2 Å². The summed E-state index contributed by atoms with van der Waals surface area (Å²) < 4.78 is 7.32. The molecule has 1 N–H and O–H groups in total. The van der Waals surface area contributed by atoms with E-state index >= 15 is 4.79 Å². The third-order valence-corrected chi connectivity index (χ3v) is 8.04. The van der Waals surface area contributed by atoms with Crippen molar-refractivity contribution < 1.29 is 9.53 Å². The van der Waals surface area contributed by atoms with Gasteiger partial charge in [0.1, 0.15) is 5.76 Å². The number of rotatable bonds is 4. The van der Waals surface area contributed by atoms with Gasteiger partial charge in [0.25, 0.3) is 5.91 Å². The number of fused-ring (bicyclic) bond motifs is 3. The van der Waals surface area contributed by atoms with Gasteiger partial charge in [0.15, 0.2) is 0 Å². The lowest BCUT2D eigenvalue weighted by Crippen LogP contribution is -2.55. The highest BCUT2D eigenvalue weighted by atomic mass is 35.5. The second-order valence-electron chi connectivity index (χ2n) is 10.3. The summed E-state index contributed by atoms with van der Waals surface area (Å²) in [5.74, 6) is 0.442. The van der Waals surface area contributed by atoms with Crippen LogP contribution in [0, 0.1) is 0 Å². The average Bonchev–Trinajstić information content (AvgIpc) is 3.18. The maximum atomic E-state index is 15.1. The van der Waals surface area contributed by atoms with E-state index in [4.69, 9.17) is 16.3 Å². The molecule has 0 radical (unpaired) electrons. The van der Waals surface area contributed by atoms with Crippen LogP contribution in [0.1, 0.15) is 34.7 Å². The molecule has 0 aliphatic carbocycles. The molecule has 0 unspecified atom stereocenters. The molecule has 5 heteroatoms. The van der Waals surface area contributed by atoms with Gasteiger partial charge >= 0.3 is 0 Å². The molecular formula is C36H27ClN2O2. The SMILES string of the molecule is O=C1C(c2ccccc2)=C(c2ccccc2)O[C@@]2(c3ccccc3)C[C@@H](c3cccc(Cl)c3)Nc3ccccc3N12. The number of nitrogens with one attached hydrogen (secondary N) is 1. The molecule has 2 aliphatic rings. The maximum absolute atomic E-state index is 15.1. The topological polar surface area (TPSA) is 41.6 Å². The first-order chi connectivity index (χ1) is 20.1. The van der Waals surface area contributed by atoms with E-state index in [1.807, 2.05) is 138 Å². The lowest BCUT2D eigenvalue weighted by molar-refractivity contribution is -0.120. The van der Waals surface area contributed by atoms with Crippen LogP contribution >= 0.6 is 11.6 Å². The van der Waals surface area contributed by atoms with Crippen LogP contribution in [0.2, 0.25) is 5.02 Å². The molecule has 2 aliphatic heterocycles. The third kappa shape index (κ3) is 4.37. The van der Waals surface area contributed by atoms with Crippen LogP contribution in [-0.2, 0) is 15.3 Å². The predicted molar refractivity (Wildman–Crippen MR) is 165 cm³/mol. The zero-order chi connectivity index (χ0) is 27.8. The minimum absolute atomic E-state index is 0.119. The van der Waals surface area contributed by atoms with Gasteiger partial charge in [-0.2, -0.15) is 0 Å². The van der Waals surface area contributed by atoms with E-state index in [0.29, 0.717) is 22.8 Å². The van der Waals surface area contributed by atoms with Crippen molar-refractivity contribution in [3.63, 3.8) is 0 Å². The van der Waals surface area contributed by atoms with Crippen LogP contribution in [0.5, 0.6) is 0 Å². The highest BCUT2D eigenvalue weighted by molar-refractivity contribution is 6.33. The molecule has 0 fully saturated rings.